The third-order valence-electron chi connectivity index (χ3n) is 2.64. The Bertz CT molecular complexity index is 720. The van der Waals surface area contributed by atoms with Gasteiger partial charge in [0.05, 0.1) is 10.0 Å². The lowest BCUT2D eigenvalue weighted by atomic mass is 10.2. The van der Waals surface area contributed by atoms with Crippen LogP contribution in [0.5, 0.6) is 0 Å². The zero-order valence-electron chi connectivity index (χ0n) is 11.8. The van der Waals surface area contributed by atoms with Crippen LogP contribution in [-0.4, -0.2) is 12.2 Å². The minimum atomic E-state index is -0.557. The zero-order chi connectivity index (χ0) is 15.9. The lowest BCUT2D eigenvalue weighted by molar-refractivity contribution is 0.145. The van der Waals surface area contributed by atoms with Gasteiger partial charge in [0.2, 0.25) is 0 Å². The monoisotopic (exact) mass is 333 g/mol. The maximum atomic E-state index is 11.7. The van der Waals surface area contributed by atoms with Crippen molar-refractivity contribution < 1.29 is 9.53 Å². The number of rotatable bonds is 2. The molecule has 5 heteroatoms. The number of hydrogen-bond acceptors (Lipinski definition) is 2. The molecule has 0 heterocycles. The molecule has 1 atom stereocenters. The molecule has 0 spiro atoms. The Balaban J connectivity index is 1.92. The molecule has 3 nitrogen and oxygen atoms in total. The summed E-state index contributed by atoms with van der Waals surface area (Å²) < 4.78 is 5.15. The molecule has 2 rings (SSSR count). The molecule has 0 aliphatic carbocycles. The van der Waals surface area contributed by atoms with E-state index in [1.165, 1.54) is 0 Å². The van der Waals surface area contributed by atoms with E-state index >= 15 is 0 Å². The second-order valence-electron chi connectivity index (χ2n) is 4.44. The smallest absolute Gasteiger partial charge is 0.412 e. The minimum Gasteiger partial charge on any atom is -0.433 e. The molecule has 2 aromatic rings. The molecule has 1 unspecified atom stereocenters. The first-order valence-corrected chi connectivity index (χ1v) is 7.29. The highest BCUT2D eigenvalue weighted by atomic mass is 35.5. The Labute approximate surface area is 139 Å². The van der Waals surface area contributed by atoms with Crippen molar-refractivity contribution in [1.29, 1.82) is 0 Å². The molecular formula is C17H13Cl2NO2. The maximum Gasteiger partial charge on any atom is 0.412 e. The van der Waals surface area contributed by atoms with Gasteiger partial charge in [-0.25, -0.2) is 4.79 Å². The molecule has 2 aromatic carbocycles. The first kappa shape index (κ1) is 16.2. The number of anilines is 1. The minimum absolute atomic E-state index is 0.434. The van der Waals surface area contributed by atoms with Gasteiger partial charge in [0.15, 0.2) is 6.10 Å². The van der Waals surface area contributed by atoms with Crippen LogP contribution in [0.25, 0.3) is 0 Å². The summed E-state index contributed by atoms with van der Waals surface area (Å²) in [6, 6.07) is 14.1. The Morgan fingerprint density at radius 2 is 1.86 bits per heavy atom. The Kier molecular flexibility index (Phi) is 5.71. The van der Waals surface area contributed by atoms with E-state index in [0.29, 0.717) is 21.3 Å². The topological polar surface area (TPSA) is 38.3 Å². The van der Waals surface area contributed by atoms with E-state index in [9.17, 15) is 4.79 Å². The molecule has 0 fully saturated rings. The van der Waals surface area contributed by atoms with Crippen LogP contribution in [-0.2, 0) is 4.74 Å². The molecule has 22 heavy (non-hydrogen) atoms. The quantitative estimate of drug-likeness (QED) is 0.787. The fourth-order valence-electron chi connectivity index (χ4n) is 1.62. The number of halogens is 2. The summed E-state index contributed by atoms with van der Waals surface area (Å²) in [5.41, 5.74) is 1.37. The molecule has 1 amide bonds. The Hall–Kier alpha value is -2.15. The number of carbonyl (C=O) groups excluding carboxylic acids is 1. The highest BCUT2D eigenvalue weighted by Crippen LogP contribution is 2.22. The summed E-state index contributed by atoms with van der Waals surface area (Å²) in [5.74, 6) is 5.71. The van der Waals surface area contributed by atoms with Gasteiger partial charge < -0.3 is 4.74 Å². The van der Waals surface area contributed by atoms with Gasteiger partial charge in [-0.15, -0.1) is 0 Å². The van der Waals surface area contributed by atoms with E-state index in [1.807, 2.05) is 18.2 Å². The molecule has 0 saturated heterocycles. The Morgan fingerprint density at radius 1 is 1.14 bits per heavy atom. The van der Waals surface area contributed by atoms with Gasteiger partial charge in [-0.2, -0.15) is 0 Å². The van der Waals surface area contributed by atoms with Crippen molar-refractivity contribution in [3.05, 3.63) is 64.1 Å². The van der Waals surface area contributed by atoms with E-state index in [0.717, 1.165) is 0 Å². The summed E-state index contributed by atoms with van der Waals surface area (Å²) in [6.07, 6.45) is -1.11. The number of benzene rings is 2. The van der Waals surface area contributed by atoms with Crippen molar-refractivity contribution in [3.8, 4) is 11.8 Å². The van der Waals surface area contributed by atoms with Crippen molar-refractivity contribution in [1.82, 2.24) is 0 Å². The number of nitrogens with one attached hydrogen (secondary N) is 1. The molecule has 0 radical (unpaired) electrons. The van der Waals surface area contributed by atoms with Crippen molar-refractivity contribution in [2.45, 2.75) is 13.0 Å². The largest absolute Gasteiger partial charge is 0.433 e. The van der Waals surface area contributed by atoms with Crippen LogP contribution < -0.4 is 5.32 Å². The van der Waals surface area contributed by atoms with Crippen molar-refractivity contribution in [2.75, 3.05) is 5.32 Å². The van der Waals surface area contributed by atoms with Crippen molar-refractivity contribution in [2.24, 2.45) is 0 Å². The van der Waals surface area contributed by atoms with Gasteiger partial charge in [-0.3, -0.25) is 5.32 Å². The average Bonchev–Trinajstić information content (AvgIpc) is 2.49. The number of carbonyl (C=O) groups is 1. The average molecular weight is 334 g/mol. The second-order valence-corrected chi connectivity index (χ2v) is 5.25. The third kappa shape index (κ3) is 5.00. The van der Waals surface area contributed by atoms with Crippen molar-refractivity contribution in [3.63, 3.8) is 0 Å². The zero-order valence-corrected chi connectivity index (χ0v) is 13.3. The van der Waals surface area contributed by atoms with Gasteiger partial charge in [0.1, 0.15) is 0 Å². The van der Waals surface area contributed by atoms with E-state index < -0.39 is 12.2 Å². The first-order valence-electron chi connectivity index (χ1n) is 6.54. The summed E-state index contributed by atoms with van der Waals surface area (Å²) in [4.78, 5) is 11.7. The molecular weight excluding hydrogens is 321 g/mol. The Morgan fingerprint density at radius 3 is 2.55 bits per heavy atom. The molecule has 0 aliphatic heterocycles. The van der Waals surface area contributed by atoms with Gasteiger partial charge in [0, 0.05) is 11.3 Å². The predicted octanol–water partition coefficient (Wildman–Crippen LogP) is 4.98. The van der Waals surface area contributed by atoms with Crippen molar-refractivity contribution >= 4 is 35.0 Å². The lowest BCUT2D eigenvalue weighted by Crippen LogP contribution is -2.19. The number of amides is 1. The van der Waals surface area contributed by atoms with Crippen LogP contribution in [0, 0.1) is 11.8 Å². The molecule has 0 aromatic heterocycles. The number of ether oxygens (including phenoxy) is 1. The summed E-state index contributed by atoms with van der Waals surface area (Å²) in [7, 11) is 0. The normalized spacial score (nSPS) is 11.0. The summed E-state index contributed by atoms with van der Waals surface area (Å²) >= 11 is 11.7. The van der Waals surface area contributed by atoms with Crippen LogP contribution in [0.4, 0.5) is 10.5 Å². The van der Waals surface area contributed by atoms with Crippen LogP contribution in [0.2, 0.25) is 10.0 Å². The van der Waals surface area contributed by atoms with Crippen LogP contribution in [0.1, 0.15) is 12.5 Å². The predicted molar refractivity (Wildman–Crippen MR) is 89.3 cm³/mol. The van der Waals surface area contributed by atoms with Crippen LogP contribution in [0.3, 0.4) is 0 Å². The fourth-order valence-corrected chi connectivity index (χ4v) is 1.92. The van der Waals surface area contributed by atoms with E-state index in [1.54, 1.807) is 37.3 Å². The second kappa shape index (κ2) is 7.74. The van der Waals surface area contributed by atoms with E-state index in [4.69, 9.17) is 27.9 Å². The first-order chi connectivity index (χ1) is 10.5. The highest BCUT2D eigenvalue weighted by molar-refractivity contribution is 6.42. The molecule has 1 N–H and O–H groups in total. The summed E-state index contributed by atoms with van der Waals surface area (Å²) in [5, 5.41) is 3.53. The summed E-state index contributed by atoms with van der Waals surface area (Å²) in [6.45, 7) is 1.69. The van der Waals surface area contributed by atoms with E-state index in [2.05, 4.69) is 17.2 Å². The van der Waals surface area contributed by atoms with Gasteiger partial charge in [-0.05, 0) is 37.3 Å². The highest BCUT2D eigenvalue weighted by Gasteiger charge is 2.06. The standard InChI is InChI=1S/C17H13Cl2NO2/c1-12(7-8-13-9-10-15(18)16(19)11-13)22-17(21)20-14-5-3-2-4-6-14/h2-6,9-12H,1H3,(H,20,21). The van der Waals surface area contributed by atoms with Crippen LogP contribution in [0.15, 0.2) is 48.5 Å². The number of hydrogen-bond donors (Lipinski definition) is 1. The van der Waals surface area contributed by atoms with Gasteiger partial charge >= 0.3 is 6.09 Å². The number of para-hydroxylation sites is 1. The third-order valence-corrected chi connectivity index (χ3v) is 3.38. The van der Waals surface area contributed by atoms with Crippen LogP contribution >= 0.6 is 23.2 Å². The molecule has 0 saturated carbocycles. The van der Waals surface area contributed by atoms with E-state index in [-0.39, 0.29) is 0 Å². The SMILES string of the molecule is CC(C#Cc1ccc(Cl)c(Cl)c1)OC(=O)Nc1ccccc1. The fraction of sp³-hybridized carbons (Fsp3) is 0.118. The van der Waals surface area contributed by atoms with Gasteiger partial charge in [-0.1, -0.05) is 53.2 Å². The van der Waals surface area contributed by atoms with Gasteiger partial charge in [0.25, 0.3) is 0 Å². The molecule has 112 valence electrons. The molecule has 0 bridgehead atoms. The maximum absolute atomic E-state index is 11.7. The molecule has 0 aliphatic rings. The lowest BCUT2D eigenvalue weighted by Gasteiger charge is -2.08.